The molecule has 0 saturated carbocycles. The number of H-pyrrole nitrogens is 1. The highest BCUT2D eigenvalue weighted by atomic mass is 16.6. The van der Waals surface area contributed by atoms with Gasteiger partial charge >= 0.3 is 5.97 Å². The number of hydrogen-bond acceptors (Lipinski definition) is 5. The SMILES string of the molecule is Cc1ccc(-c2nnc([C@H](C)OC(=O)c3ccc4[nH]c(C)c(C)c4c3)o2)cc1. The summed E-state index contributed by atoms with van der Waals surface area (Å²) in [5.74, 6) is 0.235. The molecule has 2 aromatic heterocycles. The van der Waals surface area contributed by atoms with Gasteiger partial charge in [-0.3, -0.25) is 0 Å². The lowest BCUT2D eigenvalue weighted by Crippen LogP contribution is -2.09. The van der Waals surface area contributed by atoms with Crippen molar-refractivity contribution in [2.45, 2.75) is 33.8 Å². The van der Waals surface area contributed by atoms with E-state index < -0.39 is 12.1 Å². The highest BCUT2D eigenvalue weighted by Crippen LogP contribution is 2.26. The van der Waals surface area contributed by atoms with Crippen molar-refractivity contribution in [3.63, 3.8) is 0 Å². The number of ether oxygens (including phenoxy) is 1. The van der Waals surface area contributed by atoms with Gasteiger partial charge in [-0.15, -0.1) is 10.2 Å². The second kappa shape index (κ2) is 6.96. The first-order valence-electron chi connectivity index (χ1n) is 9.12. The van der Waals surface area contributed by atoms with Crippen LogP contribution in [-0.2, 0) is 4.74 Å². The molecule has 0 fully saturated rings. The maximum Gasteiger partial charge on any atom is 0.338 e. The van der Waals surface area contributed by atoms with Gasteiger partial charge in [0.15, 0.2) is 6.10 Å². The summed E-state index contributed by atoms with van der Waals surface area (Å²) < 4.78 is 11.2. The summed E-state index contributed by atoms with van der Waals surface area (Å²) in [6.07, 6.45) is -0.649. The van der Waals surface area contributed by atoms with E-state index in [2.05, 4.69) is 15.2 Å². The van der Waals surface area contributed by atoms with E-state index in [9.17, 15) is 4.79 Å². The number of aromatic nitrogens is 3. The molecule has 6 heteroatoms. The van der Waals surface area contributed by atoms with Gasteiger partial charge in [-0.05, 0) is 63.6 Å². The highest BCUT2D eigenvalue weighted by molar-refractivity contribution is 5.96. The Labute approximate surface area is 162 Å². The van der Waals surface area contributed by atoms with E-state index >= 15 is 0 Å². The zero-order valence-corrected chi connectivity index (χ0v) is 16.2. The molecule has 0 bridgehead atoms. The monoisotopic (exact) mass is 375 g/mol. The smallest absolute Gasteiger partial charge is 0.338 e. The number of nitrogens with zero attached hydrogens (tertiary/aromatic N) is 2. The maximum absolute atomic E-state index is 12.6. The van der Waals surface area contributed by atoms with Gasteiger partial charge in [0.1, 0.15) is 0 Å². The number of aryl methyl sites for hydroxylation is 3. The Hall–Kier alpha value is -3.41. The van der Waals surface area contributed by atoms with E-state index in [4.69, 9.17) is 9.15 Å². The molecular formula is C22H21N3O3. The van der Waals surface area contributed by atoms with Crippen molar-refractivity contribution < 1.29 is 13.9 Å². The maximum atomic E-state index is 12.6. The number of nitrogens with one attached hydrogen (secondary N) is 1. The Morgan fingerprint density at radius 2 is 1.82 bits per heavy atom. The molecule has 0 aliphatic heterocycles. The van der Waals surface area contributed by atoms with E-state index in [1.807, 2.05) is 57.2 Å². The number of esters is 1. The van der Waals surface area contributed by atoms with Crippen LogP contribution < -0.4 is 0 Å². The minimum atomic E-state index is -0.649. The predicted octanol–water partition coefficient (Wildman–Crippen LogP) is 5.06. The van der Waals surface area contributed by atoms with Crippen molar-refractivity contribution in [3.05, 3.63) is 70.7 Å². The van der Waals surface area contributed by atoms with Crippen molar-refractivity contribution >= 4 is 16.9 Å². The molecule has 2 aromatic carbocycles. The van der Waals surface area contributed by atoms with Crippen LogP contribution in [0.15, 0.2) is 46.9 Å². The second-order valence-electron chi connectivity index (χ2n) is 6.99. The summed E-state index contributed by atoms with van der Waals surface area (Å²) in [7, 11) is 0. The molecule has 0 spiro atoms. The van der Waals surface area contributed by atoms with Crippen LogP contribution in [-0.4, -0.2) is 21.2 Å². The summed E-state index contributed by atoms with van der Waals surface area (Å²) in [6.45, 7) is 7.76. The van der Waals surface area contributed by atoms with Crippen LogP contribution in [0.4, 0.5) is 0 Å². The van der Waals surface area contributed by atoms with Gasteiger partial charge in [-0.2, -0.15) is 0 Å². The van der Waals surface area contributed by atoms with Gasteiger partial charge in [0.25, 0.3) is 5.89 Å². The topological polar surface area (TPSA) is 81.0 Å². The fourth-order valence-electron chi connectivity index (χ4n) is 3.08. The number of hydrogen-bond donors (Lipinski definition) is 1. The van der Waals surface area contributed by atoms with Crippen LogP contribution in [0.5, 0.6) is 0 Å². The van der Waals surface area contributed by atoms with Gasteiger partial charge in [-0.25, -0.2) is 4.79 Å². The largest absolute Gasteiger partial charge is 0.449 e. The number of fused-ring (bicyclic) bond motifs is 1. The Morgan fingerprint density at radius 3 is 2.57 bits per heavy atom. The Balaban J connectivity index is 1.52. The molecule has 1 N–H and O–H groups in total. The molecule has 28 heavy (non-hydrogen) atoms. The van der Waals surface area contributed by atoms with Gasteiger partial charge in [0, 0.05) is 22.2 Å². The Morgan fingerprint density at radius 1 is 1.07 bits per heavy atom. The number of carbonyl (C=O) groups excluding carboxylic acids is 1. The fraction of sp³-hybridized carbons (Fsp3) is 0.227. The molecule has 0 aliphatic rings. The molecule has 142 valence electrons. The third-order valence-corrected chi connectivity index (χ3v) is 4.91. The number of carbonyl (C=O) groups is 1. The van der Waals surface area contributed by atoms with Crippen LogP contribution in [0, 0.1) is 20.8 Å². The van der Waals surface area contributed by atoms with Crippen molar-refractivity contribution in [3.8, 4) is 11.5 Å². The van der Waals surface area contributed by atoms with E-state index in [0.29, 0.717) is 11.5 Å². The highest BCUT2D eigenvalue weighted by Gasteiger charge is 2.20. The molecule has 0 amide bonds. The lowest BCUT2D eigenvalue weighted by molar-refractivity contribution is 0.0280. The Kier molecular flexibility index (Phi) is 4.47. The summed E-state index contributed by atoms with van der Waals surface area (Å²) in [5, 5.41) is 9.10. The lowest BCUT2D eigenvalue weighted by Gasteiger charge is -2.09. The lowest BCUT2D eigenvalue weighted by atomic mass is 10.1. The first-order chi connectivity index (χ1) is 13.4. The van der Waals surface area contributed by atoms with E-state index in [1.54, 1.807) is 13.0 Å². The van der Waals surface area contributed by atoms with Crippen LogP contribution >= 0.6 is 0 Å². The molecule has 0 aliphatic carbocycles. The third kappa shape index (κ3) is 3.29. The summed E-state index contributed by atoms with van der Waals surface area (Å²) >= 11 is 0. The molecule has 0 radical (unpaired) electrons. The number of benzene rings is 2. The minimum absolute atomic E-state index is 0.263. The number of rotatable bonds is 4. The van der Waals surface area contributed by atoms with Crippen molar-refractivity contribution in [2.24, 2.45) is 0 Å². The molecule has 1 atom stereocenters. The van der Waals surface area contributed by atoms with Crippen molar-refractivity contribution in [1.82, 2.24) is 15.2 Å². The minimum Gasteiger partial charge on any atom is -0.449 e. The van der Waals surface area contributed by atoms with E-state index in [-0.39, 0.29) is 5.89 Å². The van der Waals surface area contributed by atoms with Crippen LogP contribution in [0.3, 0.4) is 0 Å². The van der Waals surface area contributed by atoms with Crippen molar-refractivity contribution in [2.75, 3.05) is 0 Å². The van der Waals surface area contributed by atoms with Crippen LogP contribution in [0.1, 0.15) is 46.1 Å². The second-order valence-corrected chi connectivity index (χ2v) is 6.99. The third-order valence-electron chi connectivity index (χ3n) is 4.91. The number of aromatic amines is 1. The molecule has 4 aromatic rings. The Bertz CT molecular complexity index is 1160. The van der Waals surface area contributed by atoms with Gasteiger partial charge in [0.2, 0.25) is 5.89 Å². The van der Waals surface area contributed by atoms with Crippen LogP contribution in [0.25, 0.3) is 22.4 Å². The molecule has 4 rings (SSSR count). The van der Waals surface area contributed by atoms with E-state index in [0.717, 1.165) is 33.3 Å². The first-order valence-corrected chi connectivity index (χ1v) is 9.12. The van der Waals surface area contributed by atoms with Crippen LogP contribution in [0.2, 0.25) is 0 Å². The summed E-state index contributed by atoms with van der Waals surface area (Å²) in [5.41, 5.74) is 5.67. The standard InChI is InChI=1S/C22H21N3O3/c1-12-5-7-16(8-6-12)21-25-24-20(28-21)15(4)27-22(26)17-9-10-19-18(11-17)13(2)14(3)23-19/h5-11,15,23H,1-4H3/t15-/m0/s1. The quantitative estimate of drug-likeness (QED) is 0.504. The zero-order chi connectivity index (χ0) is 19.8. The van der Waals surface area contributed by atoms with Gasteiger partial charge in [-0.1, -0.05) is 17.7 Å². The fourth-order valence-corrected chi connectivity index (χ4v) is 3.08. The zero-order valence-electron chi connectivity index (χ0n) is 16.2. The molecule has 2 heterocycles. The molecule has 6 nitrogen and oxygen atoms in total. The average molecular weight is 375 g/mol. The summed E-state index contributed by atoms with van der Waals surface area (Å²) in [4.78, 5) is 15.9. The van der Waals surface area contributed by atoms with Crippen molar-refractivity contribution in [1.29, 1.82) is 0 Å². The average Bonchev–Trinajstić information content (AvgIpc) is 3.28. The molecular weight excluding hydrogens is 354 g/mol. The molecule has 0 unspecified atom stereocenters. The summed E-state index contributed by atoms with van der Waals surface area (Å²) in [6, 6.07) is 13.3. The molecule has 0 saturated heterocycles. The normalized spacial score (nSPS) is 12.3. The van der Waals surface area contributed by atoms with Gasteiger partial charge < -0.3 is 14.1 Å². The predicted molar refractivity (Wildman–Crippen MR) is 106 cm³/mol. The first kappa shape index (κ1) is 18.0. The van der Waals surface area contributed by atoms with Gasteiger partial charge in [0.05, 0.1) is 5.56 Å². The van der Waals surface area contributed by atoms with E-state index in [1.165, 1.54) is 0 Å².